The first-order valence-electron chi connectivity index (χ1n) is 10.0. The van der Waals surface area contributed by atoms with Crippen molar-refractivity contribution in [1.82, 2.24) is 10.6 Å². The quantitative estimate of drug-likeness (QED) is 0.836. The summed E-state index contributed by atoms with van der Waals surface area (Å²) in [5.41, 5.74) is -0.434. The van der Waals surface area contributed by atoms with Crippen LogP contribution in [0, 0.1) is 17.6 Å². The number of amides is 1. The van der Waals surface area contributed by atoms with Crippen LogP contribution in [0.2, 0.25) is 0 Å². The third-order valence-electron chi connectivity index (χ3n) is 6.72. The van der Waals surface area contributed by atoms with Gasteiger partial charge in [-0.2, -0.15) is 0 Å². The second-order valence-electron chi connectivity index (χ2n) is 8.54. The molecule has 1 aromatic rings. The minimum atomic E-state index is -0.599. The highest BCUT2D eigenvalue weighted by Crippen LogP contribution is 2.43. The van der Waals surface area contributed by atoms with Crippen LogP contribution in [0.25, 0.3) is 0 Å². The van der Waals surface area contributed by atoms with Crippen molar-refractivity contribution in [3.63, 3.8) is 0 Å². The Bertz CT molecular complexity index is 640. The predicted molar refractivity (Wildman–Crippen MR) is 96.8 cm³/mol. The Hall–Kier alpha value is -1.49. The van der Waals surface area contributed by atoms with Crippen molar-refractivity contribution < 1.29 is 13.6 Å². The lowest BCUT2D eigenvalue weighted by molar-refractivity contribution is -0.122. The summed E-state index contributed by atoms with van der Waals surface area (Å²) >= 11 is 0. The first kappa shape index (κ1) is 17.9. The molecule has 3 nitrogen and oxygen atoms in total. The van der Waals surface area contributed by atoms with Gasteiger partial charge in [0, 0.05) is 36.0 Å². The Kier molecular flexibility index (Phi) is 5.00. The monoisotopic (exact) mass is 362 g/mol. The number of carbonyl (C=O) groups is 1. The first-order chi connectivity index (χ1) is 12.6. The summed E-state index contributed by atoms with van der Waals surface area (Å²) in [4.78, 5) is 12.5. The summed E-state index contributed by atoms with van der Waals surface area (Å²) < 4.78 is 28.8. The summed E-state index contributed by atoms with van der Waals surface area (Å²) in [6.45, 7) is 0.335. The summed E-state index contributed by atoms with van der Waals surface area (Å²) in [5, 5.41) is 6.62. The van der Waals surface area contributed by atoms with Crippen molar-refractivity contribution in [2.24, 2.45) is 5.92 Å². The van der Waals surface area contributed by atoms with Crippen LogP contribution < -0.4 is 10.6 Å². The smallest absolute Gasteiger partial charge is 0.220 e. The van der Waals surface area contributed by atoms with Gasteiger partial charge in [-0.3, -0.25) is 4.79 Å². The van der Waals surface area contributed by atoms with E-state index in [1.165, 1.54) is 31.0 Å². The van der Waals surface area contributed by atoms with Gasteiger partial charge in [-0.15, -0.1) is 0 Å². The van der Waals surface area contributed by atoms with Gasteiger partial charge in [0.15, 0.2) is 0 Å². The van der Waals surface area contributed by atoms with E-state index in [4.69, 9.17) is 0 Å². The van der Waals surface area contributed by atoms with Crippen LogP contribution in [-0.2, 0) is 10.2 Å². The lowest BCUT2D eigenvalue weighted by atomic mass is 9.78. The molecule has 0 aromatic heterocycles. The van der Waals surface area contributed by atoms with E-state index in [2.05, 4.69) is 10.6 Å². The molecule has 1 aromatic carbocycles. The zero-order chi connectivity index (χ0) is 18.1. The van der Waals surface area contributed by atoms with E-state index in [0.717, 1.165) is 38.5 Å². The van der Waals surface area contributed by atoms with E-state index in [1.54, 1.807) is 0 Å². The van der Waals surface area contributed by atoms with Gasteiger partial charge in [-0.25, -0.2) is 8.78 Å². The molecule has 1 saturated carbocycles. The number of hydrogen-bond acceptors (Lipinski definition) is 2. The molecule has 2 unspecified atom stereocenters. The lowest BCUT2D eigenvalue weighted by Gasteiger charge is -2.32. The third kappa shape index (κ3) is 3.51. The molecule has 0 radical (unpaired) electrons. The summed E-state index contributed by atoms with van der Waals surface area (Å²) in [5.74, 6) is -0.523. The van der Waals surface area contributed by atoms with E-state index >= 15 is 0 Å². The average molecular weight is 362 g/mol. The molecule has 2 aliphatic heterocycles. The molecular weight excluding hydrogens is 334 g/mol. The van der Waals surface area contributed by atoms with Crippen LogP contribution in [0.5, 0.6) is 0 Å². The lowest BCUT2D eigenvalue weighted by Crippen LogP contribution is -2.43. The molecule has 2 heterocycles. The van der Waals surface area contributed by atoms with E-state index < -0.39 is 17.0 Å². The molecule has 26 heavy (non-hydrogen) atoms. The highest BCUT2D eigenvalue weighted by Gasteiger charge is 2.40. The summed E-state index contributed by atoms with van der Waals surface area (Å²) in [6.07, 6.45) is 8.45. The minimum absolute atomic E-state index is 0.0272. The highest BCUT2D eigenvalue weighted by molar-refractivity contribution is 5.76. The van der Waals surface area contributed by atoms with Crippen LogP contribution in [0.3, 0.4) is 0 Å². The SMILES string of the molecule is O=C(CC1CC2CCC(C1)N2)NCC1(c2c(F)cccc2F)CCCC1. The molecule has 3 aliphatic rings. The fourth-order valence-corrected chi connectivity index (χ4v) is 5.52. The van der Waals surface area contributed by atoms with Gasteiger partial charge in [0.2, 0.25) is 5.91 Å². The maximum atomic E-state index is 14.4. The molecule has 2 saturated heterocycles. The Morgan fingerprint density at radius 3 is 2.35 bits per heavy atom. The van der Waals surface area contributed by atoms with E-state index in [-0.39, 0.29) is 11.5 Å². The molecule has 5 heteroatoms. The van der Waals surface area contributed by atoms with Crippen LogP contribution in [0.15, 0.2) is 18.2 Å². The van der Waals surface area contributed by atoms with Gasteiger partial charge in [0.05, 0.1) is 0 Å². The van der Waals surface area contributed by atoms with E-state index in [1.807, 2.05) is 0 Å². The van der Waals surface area contributed by atoms with Crippen molar-refractivity contribution in [2.45, 2.75) is 75.3 Å². The first-order valence-corrected chi connectivity index (χ1v) is 10.0. The van der Waals surface area contributed by atoms with Crippen LogP contribution in [0.4, 0.5) is 8.78 Å². The zero-order valence-electron chi connectivity index (χ0n) is 15.2. The molecule has 142 valence electrons. The fraction of sp³-hybridized carbons (Fsp3) is 0.667. The second-order valence-corrected chi connectivity index (χ2v) is 8.54. The largest absolute Gasteiger partial charge is 0.355 e. The number of benzene rings is 1. The van der Waals surface area contributed by atoms with Gasteiger partial charge in [-0.05, 0) is 56.6 Å². The number of nitrogens with one attached hydrogen (secondary N) is 2. The Labute approximate surface area is 153 Å². The van der Waals surface area contributed by atoms with Crippen LogP contribution in [-0.4, -0.2) is 24.5 Å². The van der Waals surface area contributed by atoms with E-state index in [0.29, 0.717) is 31.0 Å². The van der Waals surface area contributed by atoms with Gasteiger partial charge in [0.1, 0.15) is 11.6 Å². The fourth-order valence-electron chi connectivity index (χ4n) is 5.52. The van der Waals surface area contributed by atoms with Gasteiger partial charge in [0.25, 0.3) is 0 Å². The Morgan fingerprint density at radius 1 is 1.12 bits per heavy atom. The molecular formula is C21H28F2N2O. The molecule has 1 aliphatic carbocycles. The molecule has 2 N–H and O–H groups in total. The zero-order valence-corrected chi connectivity index (χ0v) is 15.2. The molecule has 2 atom stereocenters. The van der Waals surface area contributed by atoms with Gasteiger partial charge < -0.3 is 10.6 Å². The number of carbonyl (C=O) groups excluding carboxylic acids is 1. The number of piperidine rings is 1. The van der Waals surface area contributed by atoms with E-state index in [9.17, 15) is 13.6 Å². The standard InChI is InChI=1S/C21H28F2N2O/c22-17-4-3-5-18(23)20(17)21(8-1-2-9-21)13-24-19(26)12-14-10-15-6-7-16(11-14)25-15/h3-5,14-16,25H,1-2,6-13H2,(H,24,26). The van der Waals surface area contributed by atoms with Crippen molar-refractivity contribution in [2.75, 3.05) is 6.54 Å². The minimum Gasteiger partial charge on any atom is -0.355 e. The predicted octanol–water partition coefficient (Wildman–Crippen LogP) is 3.81. The third-order valence-corrected chi connectivity index (χ3v) is 6.72. The average Bonchev–Trinajstić information content (AvgIpc) is 3.20. The number of rotatable bonds is 5. The maximum Gasteiger partial charge on any atom is 0.220 e. The van der Waals surface area contributed by atoms with Crippen LogP contribution in [0.1, 0.15) is 63.4 Å². The maximum absolute atomic E-state index is 14.4. The van der Waals surface area contributed by atoms with Crippen molar-refractivity contribution in [3.8, 4) is 0 Å². The molecule has 2 bridgehead atoms. The summed E-state index contributed by atoms with van der Waals surface area (Å²) in [6, 6.07) is 5.19. The van der Waals surface area contributed by atoms with Crippen molar-refractivity contribution in [3.05, 3.63) is 35.4 Å². The second kappa shape index (κ2) is 7.26. The van der Waals surface area contributed by atoms with Crippen molar-refractivity contribution in [1.29, 1.82) is 0 Å². The van der Waals surface area contributed by atoms with Crippen LogP contribution >= 0.6 is 0 Å². The number of hydrogen-bond donors (Lipinski definition) is 2. The normalized spacial score (nSPS) is 29.7. The molecule has 0 spiro atoms. The number of fused-ring (bicyclic) bond motifs is 2. The topological polar surface area (TPSA) is 41.1 Å². The molecule has 4 rings (SSSR count). The Morgan fingerprint density at radius 2 is 1.73 bits per heavy atom. The number of halogens is 2. The van der Waals surface area contributed by atoms with Crippen molar-refractivity contribution >= 4 is 5.91 Å². The molecule has 3 fully saturated rings. The Balaban J connectivity index is 1.40. The summed E-state index contributed by atoms with van der Waals surface area (Å²) in [7, 11) is 0. The van der Waals surface area contributed by atoms with Gasteiger partial charge >= 0.3 is 0 Å². The highest BCUT2D eigenvalue weighted by atomic mass is 19.1. The molecule has 1 amide bonds. The van der Waals surface area contributed by atoms with Gasteiger partial charge in [-0.1, -0.05) is 18.9 Å².